The van der Waals surface area contributed by atoms with Gasteiger partial charge in [0, 0.05) is 25.3 Å². The summed E-state index contributed by atoms with van der Waals surface area (Å²) in [5, 5.41) is 5.71. The molecule has 0 aromatic heterocycles. The molecule has 0 saturated carbocycles. The summed E-state index contributed by atoms with van der Waals surface area (Å²) in [6, 6.07) is 6.76. The Labute approximate surface area is 155 Å². The van der Waals surface area contributed by atoms with E-state index in [0.717, 1.165) is 31.4 Å². The highest BCUT2D eigenvalue weighted by atomic mass is 35.5. The van der Waals surface area contributed by atoms with Gasteiger partial charge in [-0.15, -0.1) is 12.4 Å². The van der Waals surface area contributed by atoms with Crippen molar-refractivity contribution in [3.63, 3.8) is 0 Å². The average Bonchev–Trinajstić information content (AvgIpc) is 3.11. The summed E-state index contributed by atoms with van der Waals surface area (Å²) in [4.78, 5) is 24.1. The van der Waals surface area contributed by atoms with E-state index in [1.54, 1.807) is 12.1 Å². The monoisotopic (exact) mass is 369 g/mol. The lowest BCUT2D eigenvalue weighted by Gasteiger charge is -2.13. The summed E-state index contributed by atoms with van der Waals surface area (Å²) >= 11 is 0. The van der Waals surface area contributed by atoms with Gasteiger partial charge in [-0.2, -0.15) is 0 Å². The summed E-state index contributed by atoms with van der Waals surface area (Å²) in [5.74, 6) is -0.286. The Balaban J connectivity index is 0.00000312. The van der Waals surface area contributed by atoms with Crippen LogP contribution in [0.3, 0.4) is 0 Å². The van der Waals surface area contributed by atoms with Crippen molar-refractivity contribution in [3.05, 3.63) is 35.4 Å². The average molecular weight is 370 g/mol. The van der Waals surface area contributed by atoms with Crippen molar-refractivity contribution in [1.29, 1.82) is 0 Å². The number of nitrogens with one attached hydrogen (secondary N) is 2. The standard InChI is InChI=1S/C18H27N3O3.ClH/c1-2-5-16(19)18(23)20-11-13-6-3-7-14(10-13)17(22)21-12-15-8-4-9-24-15;/h3,6-7,10,15-16H,2,4-5,8-9,11-12,19H2,1H3,(H,20,23)(H,21,22);1H. The molecular formula is C18H28ClN3O3. The molecule has 0 radical (unpaired) electrons. The van der Waals surface area contributed by atoms with Crippen LogP contribution in [-0.4, -0.2) is 37.1 Å². The summed E-state index contributed by atoms with van der Waals surface area (Å²) in [6.07, 6.45) is 3.70. The number of nitrogens with two attached hydrogens (primary N) is 1. The van der Waals surface area contributed by atoms with Crippen LogP contribution in [0, 0.1) is 0 Å². The van der Waals surface area contributed by atoms with Gasteiger partial charge in [-0.1, -0.05) is 25.5 Å². The first-order valence-corrected chi connectivity index (χ1v) is 8.62. The highest BCUT2D eigenvalue weighted by Crippen LogP contribution is 2.11. The molecule has 0 aliphatic carbocycles. The molecule has 0 spiro atoms. The summed E-state index contributed by atoms with van der Waals surface area (Å²) in [7, 11) is 0. The number of halogens is 1. The maximum Gasteiger partial charge on any atom is 0.251 e. The van der Waals surface area contributed by atoms with E-state index in [9.17, 15) is 9.59 Å². The van der Waals surface area contributed by atoms with E-state index >= 15 is 0 Å². The highest BCUT2D eigenvalue weighted by molar-refractivity contribution is 5.94. The van der Waals surface area contributed by atoms with Crippen LogP contribution in [-0.2, 0) is 16.1 Å². The zero-order valence-corrected chi connectivity index (χ0v) is 15.4. The number of amides is 2. The molecule has 25 heavy (non-hydrogen) atoms. The Morgan fingerprint density at radius 1 is 1.36 bits per heavy atom. The predicted molar refractivity (Wildman–Crippen MR) is 99.7 cm³/mol. The second-order valence-corrected chi connectivity index (χ2v) is 6.16. The molecule has 1 heterocycles. The van der Waals surface area contributed by atoms with Crippen LogP contribution in [0.15, 0.2) is 24.3 Å². The second kappa shape index (κ2) is 11.1. The summed E-state index contributed by atoms with van der Waals surface area (Å²) < 4.78 is 5.50. The summed E-state index contributed by atoms with van der Waals surface area (Å²) in [6.45, 7) is 3.66. The Bertz CT molecular complexity index is 562. The SMILES string of the molecule is CCCC(N)C(=O)NCc1cccc(C(=O)NCC2CCCO2)c1.Cl. The van der Waals surface area contributed by atoms with E-state index in [-0.39, 0.29) is 30.3 Å². The molecule has 6 nitrogen and oxygen atoms in total. The minimum atomic E-state index is -0.479. The molecule has 2 unspecified atom stereocenters. The fraction of sp³-hybridized carbons (Fsp3) is 0.556. The van der Waals surface area contributed by atoms with Crippen LogP contribution in [0.25, 0.3) is 0 Å². The van der Waals surface area contributed by atoms with Gasteiger partial charge in [-0.05, 0) is 37.0 Å². The molecule has 1 aromatic carbocycles. The first-order chi connectivity index (χ1) is 11.6. The van der Waals surface area contributed by atoms with Crippen molar-refractivity contribution in [1.82, 2.24) is 10.6 Å². The maximum absolute atomic E-state index is 12.2. The van der Waals surface area contributed by atoms with Gasteiger partial charge in [-0.3, -0.25) is 9.59 Å². The van der Waals surface area contributed by atoms with Crippen molar-refractivity contribution in [3.8, 4) is 0 Å². The lowest BCUT2D eigenvalue weighted by Crippen LogP contribution is -2.40. The Morgan fingerprint density at radius 3 is 2.84 bits per heavy atom. The van der Waals surface area contributed by atoms with Gasteiger partial charge in [0.15, 0.2) is 0 Å². The topological polar surface area (TPSA) is 93.5 Å². The predicted octanol–water partition coefficient (Wildman–Crippen LogP) is 1.76. The van der Waals surface area contributed by atoms with Crippen molar-refractivity contribution < 1.29 is 14.3 Å². The van der Waals surface area contributed by atoms with Crippen LogP contribution in [0.2, 0.25) is 0 Å². The minimum absolute atomic E-state index is 0. The first-order valence-electron chi connectivity index (χ1n) is 8.62. The molecule has 1 fully saturated rings. The Morgan fingerprint density at radius 2 is 2.16 bits per heavy atom. The van der Waals surface area contributed by atoms with Gasteiger partial charge in [0.05, 0.1) is 12.1 Å². The van der Waals surface area contributed by atoms with Crippen LogP contribution in [0.1, 0.15) is 48.5 Å². The fourth-order valence-corrected chi connectivity index (χ4v) is 2.70. The number of rotatable bonds is 8. The van der Waals surface area contributed by atoms with Crippen molar-refractivity contribution >= 4 is 24.2 Å². The number of carbonyl (C=O) groups is 2. The first kappa shape index (κ1) is 21.4. The van der Waals surface area contributed by atoms with Crippen molar-refractivity contribution in [2.24, 2.45) is 5.73 Å². The highest BCUT2D eigenvalue weighted by Gasteiger charge is 2.17. The van der Waals surface area contributed by atoms with Crippen LogP contribution >= 0.6 is 12.4 Å². The van der Waals surface area contributed by atoms with Gasteiger partial charge in [0.1, 0.15) is 0 Å². The van der Waals surface area contributed by atoms with Crippen LogP contribution in [0.5, 0.6) is 0 Å². The molecule has 1 aliphatic heterocycles. The van der Waals surface area contributed by atoms with Crippen molar-refractivity contribution in [2.45, 2.75) is 51.3 Å². The molecule has 140 valence electrons. The van der Waals surface area contributed by atoms with Crippen molar-refractivity contribution in [2.75, 3.05) is 13.2 Å². The smallest absolute Gasteiger partial charge is 0.251 e. The summed E-state index contributed by atoms with van der Waals surface area (Å²) in [5.41, 5.74) is 7.23. The number of hydrogen-bond acceptors (Lipinski definition) is 4. The molecule has 2 amide bonds. The zero-order chi connectivity index (χ0) is 17.4. The molecule has 7 heteroatoms. The third kappa shape index (κ3) is 7.02. The third-order valence-electron chi connectivity index (χ3n) is 4.11. The zero-order valence-electron chi connectivity index (χ0n) is 14.6. The number of benzene rings is 1. The van der Waals surface area contributed by atoms with E-state index in [0.29, 0.717) is 25.1 Å². The third-order valence-corrected chi connectivity index (χ3v) is 4.11. The number of carbonyl (C=O) groups excluding carboxylic acids is 2. The van der Waals surface area contributed by atoms with Gasteiger partial charge >= 0.3 is 0 Å². The van der Waals surface area contributed by atoms with Crippen LogP contribution < -0.4 is 16.4 Å². The molecule has 2 rings (SSSR count). The lowest BCUT2D eigenvalue weighted by molar-refractivity contribution is -0.122. The largest absolute Gasteiger partial charge is 0.376 e. The van der Waals surface area contributed by atoms with E-state index in [1.165, 1.54) is 0 Å². The number of hydrogen-bond donors (Lipinski definition) is 3. The van der Waals surface area contributed by atoms with E-state index in [4.69, 9.17) is 10.5 Å². The normalized spacial score (nSPS) is 17.4. The van der Waals surface area contributed by atoms with Gasteiger partial charge in [-0.25, -0.2) is 0 Å². The molecule has 0 bridgehead atoms. The quantitative estimate of drug-likeness (QED) is 0.651. The van der Waals surface area contributed by atoms with E-state index < -0.39 is 6.04 Å². The molecule has 1 aliphatic rings. The Hall–Kier alpha value is -1.63. The molecular weight excluding hydrogens is 342 g/mol. The molecule has 1 saturated heterocycles. The van der Waals surface area contributed by atoms with Gasteiger partial charge in [0.2, 0.25) is 5.91 Å². The second-order valence-electron chi connectivity index (χ2n) is 6.16. The van der Waals surface area contributed by atoms with E-state index in [2.05, 4.69) is 10.6 Å². The molecule has 2 atom stereocenters. The number of ether oxygens (including phenoxy) is 1. The minimum Gasteiger partial charge on any atom is -0.376 e. The van der Waals surface area contributed by atoms with E-state index in [1.807, 2.05) is 19.1 Å². The molecule has 1 aromatic rings. The van der Waals surface area contributed by atoms with Gasteiger partial charge < -0.3 is 21.1 Å². The molecule has 4 N–H and O–H groups in total. The lowest BCUT2D eigenvalue weighted by atomic mass is 10.1. The maximum atomic E-state index is 12.2. The Kier molecular flexibility index (Phi) is 9.49. The van der Waals surface area contributed by atoms with Crippen LogP contribution in [0.4, 0.5) is 0 Å². The van der Waals surface area contributed by atoms with Gasteiger partial charge in [0.25, 0.3) is 5.91 Å². The fourth-order valence-electron chi connectivity index (χ4n) is 2.70.